The van der Waals surface area contributed by atoms with Crippen LogP contribution in [-0.2, 0) is 14.3 Å². The zero-order valence-corrected chi connectivity index (χ0v) is 10.5. The second-order valence-corrected chi connectivity index (χ2v) is 3.78. The summed E-state index contributed by atoms with van der Waals surface area (Å²) < 4.78 is 4.97. The van der Waals surface area contributed by atoms with Crippen LogP contribution in [0.15, 0.2) is 23.8 Å². The van der Waals surface area contributed by atoms with E-state index in [1.807, 2.05) is 6.92 Å². The highest BCUT2D eigenvalue weighted by atomic mass is 16.5. The third-order valence-electron chi connectivity index (χ3n) is 2.33. The summed E-state index contributed by atoms with van der Waals surface area (Å²) in [4.78, 5) is 21.7. The predicted molar refractivity (Wildman–Crippen MR) is 65.6 cm³/mol. The Kier molecular flexibility index (Phi) is 7.76. The number of aliphatic carboxylic acids is 1. The number of carboxylic acids is 1. The minimum absolute atomic E-state index is 0.343. The van der Waals surface area contributed by atoms with E-state index in [-0.39, 0.29) is 5.97 Å². The molecule has 17 heavy (non-hydrogen) atoms. The van der Waals surface area contributed by atoms with E-state index in [1.165, 1.54) is 0 Å². The predicted octanol–water partition coefficient (Wildman–Crippen LogP) is 2.70. The van der Waals surface area contributed by atoms with Crippen molar-refractivity contribution >= 4 is 11.9 Å². The lowest BCUT2D eigenvalue weighted by Crippen LogP contribution is -2.07. The first-order chi connectivity index (χ1) is 7.99. The van der Waals surface area contributed by atoms with E-state index in [2.05, 4.69) is 6.58 Å². The molecule has 0 fully saturated rings. The molecule has 0 rings (SSSR count). The average Bonchev–Trinajstić information content (AvgIpc) is 2.31. The number of unbranched alkanes of at least 4 members (excludes halogenated alkanes) is 2. The molecule has 0 aliphatic carbocycles. The summed E-state index contributed by atoms with van der Waals surface area (Å²) in [6.07, 6.45) is 4.49. The van der Waals surface area contributed by atoms with Crippen molar-refractivity contribution in [1.29, 1.82) is 0 Å². The van der Waals surface area contributed by atoms with Crippen molar-refractivity contribution in [2.75, 3.05) is 6.61 Å². The van der Waals surface area contributed by atoms with Crippen molar-refractivity contribution in [3.05, 3.63) is 23.8 Å². The Hall–Kier alpha value is -1.58. The molecule has 0 saturated carbocycles. The highest BCUT2D eigenvalue weighted by molar-refractivity contribution is 5.87. The van der Waals surface area contributed by atoms with E-state index in [9.17, 15) is 9.59 Å². The molecule has 0 bridgehead atoms. The van der Waals surface area contributed by atoms with E-state index < -0.39 is 5.97 Å². The fourth-order valence-corrected chi connectivity index (χ4v) is 1.06. The summed E-state index contributed by atoms with van der Waals surface area (Å²) in [7, 11) is 0. The molecule has 0 spiro atoms. The molecule has 0 aromatic heterocycles. The number of allylic oxidation sites excluding steroid dienone is 1. The van der Waals surface area contributed by atoms with E-state index in [0.29, 0.717) is 30.6 Å². The van der Waals surface area contributed by atoms with Crippen LogP contribution in [-0.4, -0.2) is 23.7 Å². The van der Waals surface area contributed by atoms with Crippen molar-refractivity contribution in [3.8, 4) is 0 Å². The molecule has 0 aromatic rings. The van der Waals surface area contributed by atoms with Gasteiger partial charge < -0.3 is 9.84 Å². The lowest BCUT2D eigenvalue weighted by atomic mass is 10.2. The second-order valence-electron chi connectivity index (χ2n) is 3.78. The van der Waals surface area contributed by atoms with Crippen LogP contribution in [0.4, 0.5) is 0 Å². The maximum atomic E-state index is 11.2. The Morgan fingerprint density at radius 3 is 2.53 bits per heavy atom. The summed E-state index contributed by atoms with van der Waals surface area (Å²) >= 11 is 0. The molecule has 0 radical (unpaired) electrons. The molecule has 0 saturated heterocycles. The maximum Gasteiger partial charge on any atom is 0.333 e. The van der Waals surface area contributed by atoms with Crippen molar-refractivity contribution < 1.29 is 19.4 Å². The molecule has 0 aliphatic heterocycles. The van der Waals surface area contributed by atoms with Crippen LogP contribution in [0.5, 0.6) is 0 Å². The van der Waals surface area contributed by atoms with Gasteiger partial charge in [0.05, 0.1) is 6.61 Å². The number of carbonyl (C=O) groups is 2. The molecule has 4 nitrogen and oxygen atoms in total. The summed E-state index contributed by atoms with van der Waals surface area (Å²) in [6.45, 7) is 7.35. The van der Waals surface area contributed by atoms with Gasteiger partial charge in [-0.15, -0.1) is 0 Å². The summed E-state index contributed by atoms with van der Waals surface area (Å²) in [5.41, 5.74) is 0.827. The van der Waals surface area contributed by atoms with Gasteiger partial charge in [0.1, 0.15) is 0 Å². The normalized spacial score (nSPS) is 11.1. The monoisotopic (exact) mass is 240 g/mol. The van der Waals surface area contributed by atoms with E-state index in [0.717, 1.165) is 12.8 Å². The maximum absolute atomic E-state index is 11.2. The molecule has 0 heterocycles. The second kappa shape index (κ2) is 8.56. The highest BCUT2D eigenvalue weighted by Crippen LogP contribution is 2.04. The van der Waals surface area contributed by atoms with Crippen LogP contribution in [0.25, 0.3) is 0 Å². The number of ether oxygens (including phenoxy) is 1. The first-order valence-corrected chi connectivity index (χ1v) is 5.74. The molecule has 96 valence electrons. The number of carboxylic acid groups (broad SMARTS) is 1. The third kappa shape index (κ3) is 7.33. The van der Waals surface area contributed by atoms with Gasteiger partial charge in [0, 0.05) is 11.1 Å². The Balaban J connectivity index is 3.60. The quantitative estimate of drug-likeness (QED) is 0.402. The van der Waals surface area contributed by atoms with Crippen LogP contribution in [0.3, 0.4) is 0 Å². The van der Waals surface area contributed by atoms with E-state index in [1.54, 1.807) is 13.0 Å². The zero-order chi connectivity index (χ0) is 13.3. The lowest BCUT2D eigenvalue weighted by molar-refractivity contribution is -0.139. The number of carbonyl (C=O) groups excluding carboxylic acids is 1. The van der Waals surface area contributed by atoms with Gasteiger partial charge in [0.15, 0.2) is 0 Å². The Morgan fingerprint density at radius 1 is 1.35 bits per heavy atom. The van der Waals surface area contributed by atoms with Crippen LogP contribution < -0.4 is 0 Å². The van der Waals surface area contributed by atoms with Gasteiger partial charge in [-0.1, -0.05) is 19.6 Å². The molecule has 1 N–H and O–H groups in total. The van der Waals surface area contributed by atoms with Crippen LogP contribution in [0.1, 0.15) is 39.5 Å². The summed E-state index contributed by atoms with van der Waals surface area (Å²) in [5.74, 6) is -1.24. The SMILES string of the molecule is C=C(CC)C(=O)OCCCCC=C(C)C(=O)O. The molecule has 0 amide bonds. The minimum atomic E-state index is -0.893. The van der Waals surface area contributed by atoms with E-state index in [4.69, 9.17) is 9.84 Å². The largest absolute Gasteiger partial charge is 0.478 e. The van der Waals surface area contributed by atoms with Gasteiger partial charge >= 0.3 is 11.9 Å². The number of hydrogen-bond donors (Lipinski definition) is 1. The Morgan fingerprint density at radius 2 is 2.00 bits per heavy atom. The molecular formula is C13H20O4. The van der Waals surface area contributed by atoms with Crippen molar-refractivity contribution in [1.82, 2.24) is 0 Å². The van der Waals surface area contributed by atoms with Gasteiger partial charge in [-0.05, 0) is 32.6 Å². The van der Waals surface area contributed by atoms with Crippen molar-refractivity contribution in [2.45, 2.75) is 39.5 Å². The number of rotatable bonds is 8. The van der Waals surface area contributed by atoms with Gasteiger partial charge in [0.25, 0.3) is 0 Å². The van der Waals surface area contributed by atoms with Gasteiger partial charge in [-0.3, -0.25) is 0 Å². The third-order valence-corrected chi connectivity index (χ3v) is 2.33. The average molecular weight is 240 g/mol. The minimum Gasteiger partial charge on any atom is -0.478 e. The molecule has 0 aliphatic rings. The van der Waals surface area contributed by atoms with Crippen LogP contribution >= 0.6 is 0 Å². The van der Waals surface area contributed by atoms with Gasteiger partial charge in [-0.25, -0.2) is 9.59 Å². The fourth-order valence-electron chi connectivity index (χ4n) is 1.06. The first kappa shape index (κ1) is 15.4. The molecule has 0 atom stereocenters. The van der Waals surface area contributed by atoms with Crippen molar-refractivity contribution in [2.24, 2.45) is 0 Å². The molecular weight excluding hydrogens is 220 g/mol. The smallest absolute Gasteiger partial charge is 0.333 e. The zero-order valence-electron chi connectivity index (χ0n) is 10.5. The first-order valence-electron chi connectivity index (χ1n) is 5.74. The topological polar surface area (TPSA) is 63.6 Å². The fraction of sp³-hybridized carbons (Fsp3) is 0.538. The van der Waals surface area contributed by atoms with Crippen LogP contribution in [0, 0.1) is 0 Å². The summed E-state index contributed by atoms with van der Waals surface area (Å²) in [6, 6.07) is 0. The van der Waals surface area contributed by atoms with Crippen molar-refractivity contribution in [3.63, 3.8) is 0 Å². The molecule has 4 heteroatoms. The summed E-state index contributed by atoms with van der Waals surface area (Å²) in [5, 5.41) is 8.60. The standard InChI is InChI=1S/C13H20O4/c1-4-10(2)13(16)17-9-7-5-6-8-11(3)12(14)15/h8H,2,4-7,9H2,1,3H3,(H,14,15). The van der Waals surface area contributed by atoms with Crippen LogP contribution in [0.2, 0.25) is 0 Å². The number of esters is 1. The molecule has 0 unspecified atom stereocenters. The Labute approximate surface area is 102 Å². The highest BCUT2D eigenvalue weighted by Gasteiger charge is 2.05. The Bertz CT molecular complexity index is 315. The number of hydrogen-bond acceptors (Lipinski definition) is 3. The van der Waals surface area contributed by atoms with Gasteiger partial charge in [0.2, 0.25) is 0 Å². The van der Waals surface area contributed by atoms with E-state index >= 15 is 0 Å². The lowest BCUT2D eigenvalue weighted by Gasteiger charge is -2.04. The van der Waals surface area contributed by atoms with Gasteiger partial charge in [-0.2, -0.15) is 0 Å². The molecule has 0 aromatic carbocycles.